The van der Waals surface area contributed by atoms with Crippen molar-refractivity contribution < 1.29 is 9.66 Å². The maximum atomic E-state index is 10.7. The van der Waals surface area contributed by atoms with Gasteiger partial charge in [-0.3, -0.25) is 10.1 Å². The molecule has 100 valence electrons. The average Bonchev–Trinajstić information content (AvgIpc) is 2.39. The first-order valence-corrected chi connectivity index (χ1v) is 6.22. The molecule has 0 bridgehead atoms. The lowest BCUT2D eigenvalue weighted by molar-refractivity contribution is -0.384. The van der Waals surface area contributed by atoms with Crippen LogP contribution in [0.1, 0.15) is 32.3 Å². The van der Waals surface area contributed by atoms with Crippen LogP contribution in [0.2, 0.25) is 0 Å². The van der Waals surface area contributed by atoms with Crippen LogP contribution in [0.25, 0.3) is 0 Å². The number of nitro groups is 1. The zero-order valence-electron chi connectivity index (χ0n) is 10.9. The third-order valence-corrected chi connectivity index (χ3v) is 3.10. The molecule has 0 saturated carbocycles. The van der Waals surface area contributed by atoms with E-state index in [9.17, 15) is 10.1 Å². The summed E-state index contributed by atoms with van der Waals surface area (Å²) in [5.74, 6) is 1.15. The van der Waals surface area contributed by atoms with E-state index < -0.39 is 4.92 Å². The zero-order chi connectivity index (χ0) is 13.5. The molecule has 5 heteroatoms. The lowest BCUT2D eigenvalue weighted by Crippen LogP contribution is -2.12. The lowest BCUT2D eigenvalue weighted by Gasteiger charge is -2.15. The second-order valence-corrected chi connectivity index (χ2v) is 4.25. The molecule has 0 aliphatic carbocycles. The van der Waals surface area contributed by atoms with Crippen molar-refractivity contribution >= 4 is 5.69 Å². The van der Waals surface area contributed by atoms with Crippen molar-refractivity contribution in [2.75, 3.05) is 6.61 Å². The van der Waals surface area contributed by atoms with Crippen LogP contribution in [0.4, 0.5) is 5.69 Å². The quantitative estimate of drug-likeness (QED) is 0.597. The molecule has 0 spiro atoms. The van der Waals surface area contributed by atoms with Gasteiger partial charge >= 0.3 is 0 Å². The van der Waals surface area contributed by atoms with Crippen LogP contribution in [0, 0.1) is 16.0 Å². The van der Waals surface area contributed by atoms with E-state index in [1.54, 1.807) is 6.07 Å². The van der Waals surface area contributed by atoms with Gasteiger partial charge in [-0.25, -0.2) is 0 Å². The van der Waals surface area contributed by atoms with E-state index in [0.717, 1.165) is 12.8 Å². The van der Waals surface area contributed by atoms with E-state index >= 15 is 0 Å². The van der Waals surface area contributed by atoms with Gasteiger partial charge in [-0.05, 0) is 12.0 Å². The number of benzene rings is 1. The highest BCUT2D eigenvalue weighted by Gasteiger charge is 2.12. The van der Waals surface area contributed by atoms with Crippen molar-refractivity contribution in [1.29, 1.82) is 0 Å². The highest BCUT2D eigenvalue weighted by Crippen LogP contribution is 2.24. The van der Waals surface area contributed by atoms with Crippen molar-refractivity contribution in [3.8, 4) is 5.75 Å². The van der Waals surface area contributed by atoms with Crippen molar-refractivity contribution in [2.45, 2.75) is 33.2 Å². The monoisotopic (exact) mass is 252 g/mol. The first kappa shape index (κ1) is 14.4. The van der Waals surface area contributed by atoms with Gasteiger partial charge in [0.25, 0.3) is 5.69 Å². The molecular weight excluding hydrogens is 232 g/mol. The molecule has 0 amide bonds. The van der Waals surface area contributed by atoms with Crippen molar-refractivity contribution in [2.24, 2.45) is 11.7 Å². The highest BCUT2D eigenvalue weighted by atomic mass is 16.6. The maximum absolute atomic E-state index is 10.7. The molecule has 5 nitrogen and oxygen atoms in total. The summed E-state index contributed by atoms with van der Waals surface area (Å²) < 4.78 is 5.70. The number of nitro benzene ring substituents is 1. The molecule has 1 aromatic carbocycles. The molecule has 0 aromatic heterocycles. The summed E-state index contributed by atoms with van der Waals surface area (Å²) in [6.07, 6.45) is 2.11. The van der Waals surface area contributed by atoms with Gasteiger partial charge in [0.1, 0.15) is 5.75 Å². The molecule has 0 saturated heterocycles. The van der Waals surface area contributed by atoms with E-state index in [1.165, 1.54) is 12.1 Å². The fourth-order valence-electron chi connectivity index (χ4n) is 1.71. The zero-order valence-corrected chi connectivity index (χ0v) is 10.9. The summed E-state index contributed by atoms with van der Waals surface area (Å²) in [6, 6.07) is 4.55. The molecule has 0 aliphatic heterocycles. The van der Waals surface area contributed by atoms with Crippen LogP contribution in [0.3, 0.4) is 0 Å². The lowest BCUT2D eigenvalue weighted by atomic mass is 10.1. The first-order valence-electron chi connectivity index (χ1n) is 6.22. The Morgan fingerprint density at radius 3 is 2.56 bits per heavy atom. The van der Waals surface area contributed by atoms with Gasteiger partial charge in [0, 0.05) is 24.2 Å². The van der Waals surface area contributed by atoms with Gasteiger partial charge in [-0.1, -0.05) is 26.7 Å². The Labute approximate surface area is 107 Å². The molecule has 0 radical (unpaired) electrons. The van der Waals surface area contributed by atoms with Gasteiger partial charge in [0.15, 0.2) is 0 Å². The van der Waals surface area contributed by atoms with Gasteiger partial charge in [0.05, 0.1) is 11.5 Å². The molecule has 0 heterocycles. The smallest absolute Gasteiger partial charge is 0.270 e. The van der Waals surface area contributed by atoms with Crippen LogP contribution in [-0.4, -0.2) is 11.5 Å². The van der Waals surface area contributed by atoms with Crippen molar-refractivity contribution in [1.82, 2.24) is 0 Å². The maximum Gasteiger partial charge on any atom is 0.270 e. The first-order chi connectivity index (χ1) is 8.62. The topological polar surface area (TPSA) is 78.4 Å². The third kappa shape index (κ3) is 3.70. The summed E-state index contributed by atoms with van der Waals surface area (Å²) in [6.45, 7) is 5.10. The van der Waals surface area contributed by atoms with Crippen LogP contribution in [-0.2, 0) is 6.54 Å². The van der Waals surface area contributed by atoms with E-state index in [1.807, 2.05) is 0 Å². The number of ether oxygens (including phenoxy) is 1. The Morgan fingerprint density at radius 1 is 1.39 bits per heavy atom. The molecule has 0 aliphatic rings. The van der Waals surface area contributed by atoms with Crippen LogP contribution >= 0.6 is 0 Å². The number of nitrogens with two attached hydrogens (primary N) is 1. The Kier molecular flexibility index (Phi) is 5.58. The van der Waals surface area contributed by atoms with Gasteiger partial charge in [-0.2, -0.15) is 0 Å². The van der Waals surface area contributed by atoms with Gasteiger partial charge < -0.3 is 10.5 Å². The van der Waals surface area contributed by atoms with Crippen LogP contribution in [0.5, 0.6) is 5.75 Å². The largest absolute Gasteiger partial charge is 0.493 e. The standard InChI is InChI=1S/C13H20N2O3/c1-3-10(4-2)9-18-13-6-5-12(15(16)17)7-11(13)8-14/h5-7,10H,3-4,8-9,14H2,1-2H3. The SMILES string of the molecule is CCC(CC)COc1ccc([N+](=O)[O-])cc1CN. The highest BCUT2D eigenvalue weighted by molar-refractivity contribution is 5.43. The summed E-state index contributed by atoms with van der Waals surface area (Å²) >= 11 is 0. The second kappa shape index (κ2) is 6.96. The number of non-ortho nitro benzene ring substituents is 1. The fourth-order valence-corrected chi connectivity index (χ4v) is 1.71. The molecule has 18 heavy (non-hydrogen) atoms. The Balaban J connectivity index is 2.79. The van der Waals surface area contributed by atoms with Crippen molar-refractivity contribution in [3.05, 3.63) is 33.9 Å². The Hall–Kier alpha value is -1.62. The van der Waals surface area contributed by atoms with E-state index in [0.29, 0.717) is 23.8 Å². The summed E-state index contributed by atoms with van der Waals surface area (Å²) in [4.78, 5) is 10.2. The van der Waals surface area contributed by atoms with E-state index in [-0.39, 0.29) is 12.2 Å². The predicted octanol–water partition coefficient (Wildman–Crippen LogP) is 2.87. The summed E-state index contributed by atoms with van der Waals surface area (Å²) in [5.41, 5.74) is 6.31. The number of hydrogen-bond acceptors (Lipinski definition) is 4. The van der Waals surface area contributed by atoms with Gasteiger partial charge in [-0.15, -0.1) is 0 Å². The predicted molar refractivity (Wildman–Crippen MR) is 70.6 cm³/mol. The minimum atomic E-state index is -0.427. The normalized spacial score (nSPS) is 10.7. The Morgan fingerprint density at radius 2 is 2.06 bits per heavy atom. The summed E-state index contributed by atoms with van der Waals surface area (Å²) in [7, 11) is 0. The van der Waals surface area contributed by atoms with Crippen LogP contribution < -0.4 is 10.5 Å². The van der Waals surface area contributed by atoms with E-state index in [4.69, 9.17) is 10.5 Å². The van der Waals surface area contributed by atoms with E-state index in [2.05, 4.69) is 13.8 Å². The third-order valence-electron chi connectivity index (χ3n) is 3.10. The molecule has 0 fully saturated rings. The Bertz CT molecular complexity index is 403. The minimum absolute atomic E-state index is 0.0466. The number of hydrogen-bond donors (Lipinski definition) is 1. The number of nitrogens with zero attached hydrogens (tertiary/aromatic N) is 1. The molecule has 0 atom stereocenters. The molecular formula is C13H20N2O3. The minimum Gasteiger partial charge on any atom is -0.493 e. The number of rotatable bonds is 7. The van der Waals surface area contributed by atoms with Crippen LogP contribution in [0.15, 0.2) is 18.2 Å². The molecule has 1 aromatic rings. The van der Waals surface area contributed by atoms with Gasteiger partial charge in [0.2, 0.25) is 0 Å². The molecule has 0 unspecified atom stereocenters. The molecule has 1 rings (SSSR count). The summed E-state index contributed by atoms with van der Waals surface area (Å²) in [5, 5.41) is 10.7. The second-order valence-electron chi connectivity index (χ2n) is 4.25. The van der Waals surface area contributed by atoms with Crippen molar-refractivity contribution in [3.63, 3.8) is 0 Å². The fraction of sp³-hybridized carbons (Fsp3) is 0.538. The molecule has 2 N–H and O–H groups in total. The average molecular weight is 252 g/mol.